The summed E-state index contributed by atoms with van der Waals surface area (Å²) in [4.78, 5) is 2.97. The van der Waals surface area contributed by atoms with Crippen LogP contribution in [0.1, 0.15) is 54.8 Å². The molecule has 1 saturated carbocycles. The Morgan fingerprint density at radius 1 is 1.44 bits per heavy atom. The van der Waals surface area contributed by atoms with Crippen LogP contribution >= 0.6 is 11.3 Å². The summed E-state index contributed by atoms with van der Waals surface area (Å²) in [6, 6.07) is 5.16. The first-order chi connectivity index (χ1) is 7.79. The smallest absolute Gasteiger partial charge is 0.0414 e. The first-order valence-electron chi connectivity index (χ1n) is 6.59. The van der Waals surface area contributed by atoms with Crippen molar-refractivity contribution in [2.75, 3.05) is 6.54 Å². The summed E-state index contributed by atoms with van der Waals surface area (Å²) < 4.78 is 0. The molecule has 0 radical (unpaired) electrons. The zero-order valence-electron chi connectivity index (χ0n) is 10.5. The zero-order valence-corrected chi connectivity index (χ0v) is 11.3. The van der Waals surface area contributed by atoms with Crippen molar-refractivity contribution in [1.29, 1.82) is 0 Å². The average Bonchev–Trinajstić information content (AvgIpc) is 3.01. The second-order valence-electron chi connectivity index (χ2n) is 4.98. The molecule has 16 heavy (non-hydrogen) atoms. The van der Waals surface area contributed by atoms with E-state index < -0.39 is 0 Å². The minimum absolute atomic E-state index is 0.610. The number of aryl methyl sites for hydroxylation is 1. The fourth-order valence-electron chi connectivity index (χ4n) is 2.11. The van der Waals surface area contributed by atoms with Crippen molar-refractivity contribution in [2.45, 2.75) is 52.0 Å². The first-order valence-corrected chi connectivity index (χ1v) is 7.41. The molecule has 0 aromatic carbocycles. The van der Waals surface area contributed by atoms with Gasteiger partial charge in [-0.05, 0) is 50.8 Å². The minimum atomic E-state index is 0.610. The van der Waals surface area contributed by atoms with E-state index in [4.69, 9.17) is 0 Å². The summed E-state index contributed by atoms with van der Waals surface area (Å²) in [5.74, 6) is 1.05. The molecule has 1 aliphatic carbocycles. The summed E-state index contributed by atoms with van der Waals surface area (Å²) in [6.45, 7) is 5.59. The van der Waals surface area contributed by atoms with Crippen molar-refractivity contribution in [3.05, 3.63) is 21.9 Å². The van der Waals surface area contributed by atoms with E-state index in [9.17, 15) is 0 Å². The van der Waals surface area contributed by atoms with Gasteiger partial charge in [0.25, 0.3) is 0 Å². The van der Waals surface area contributed by atoms with E-state index in [0.717, 1.165) is 12.5 Å². The Balaban J connectivity index is 1.89. The maximum absolute atomic E-state index is 3.69. The second-order valence-corrected chi connectivity index (χ2v) is 6.30. The van der Waals surface area contributed by atoms with Crippen molar-refractivity contribution in [3.63, 3.8) is 0 Å². The standard InChI is InChI=1S/C14H23NS/c1-3-10-15-13(8-7-12-5-6-12)14-9-4-11(2)16-14/h4,9,12-13,15H,3,5-8,10H2,1-2H3. The van der Waals surface area contributed by atoms with Gasteiger partial charge in [0.2, 0.25) is 0 Å². The Kier molecular flexibility index (Phi) is 4.42. The first kappa shape index (κ1) is 12.1. The van der Waals surface area contributed by atoms with Crippen molar-refractivity contribution >= 4 is 11.3 Å². The van der Waals surface area contributed by atoms with Crippen molar-refractivity contribution in [2.24, 2.45) is 5.92 Å². The van der Waals surface area contributed by atoms with Gasteiger partial charge in [0.05, 0.1) is 0 Å². The minimum Gasteiger partial charge on any atom is -0.309 e. The SMILES string of the molecule is CCCNC(CCC1CC1)c1ccc(C)s1. The summed E-state index contributed by atoms with van der Waals surface area (Å²) in [5.41, 5.74) is 0. The Morgan fingerprint density at radius 3 is 2.81 bits per heavy atom. The fourth-order valence-corrected chi connectivity index (χ4v) is 3.10. The predicted molar refractivity (Wildman–Crippen MR) is 72.0 cm³/mol. The fraction of sp³-hybridized carbons (Fsp3) is 0.714. The summed E-state index contributed by atoms with van der Waals surface area (Å²) in [5, 5.41) is 3.69. The van der Waals surface area contributed by atoms with E-state index in [2.05, 4.69) is 31.3 Å². The van der Waals surface area contributed by atoms with Crippen LogP contribution in [0.15, 0.2) is 12.1 Å². The largest absolute Gasteiger partial charge is 0.309 e. The highest BCUT2D eigenvalue weighted by Gasteiger charge is 2.23. The molecule has 1 aromatic heterocycles. The molecule has 1 heterocycles. The van der Waals surface area contributed by atoms with E-state index in [-0.39, 0.29) is 0 Å². The van der Waals surface area contributed by atoms with Crippen LogP contribution in [0.25, 0.3) is 0 Å². The van der Waals surface area contributed by atoms with Crippen LogP contribution in [-0.2, 0) is 0 Å². The number of rotatable bonds is 7. The molecule has 1 unspecified atom stereocenters. The maximum atomic E-state index is 3.69. The Labute approximate surface area is 103 Å². The normalized spacial score (nSPS) is 17.6. The Hall–Kier alpha value is -0.340. The van der Waals surface area contributed by atoms with Gasteiger partial charge in [0, 0.05) is 15.8 Å². The predicted octanol–water partition coefficient (Wildman–Crippen LogP) is 4.29. The molecule has 1 aliphatic rings. The van der Waals surface area contributed by atoms with Crippen molar-refractivity contribution in [1.82, 2.24) is 5.32 Å². The third-order valence-corrected chi connectivity index (χ3v) is 4.42. The number of thiophene rings is 1. The van der Waals surface area contributed by atoms with E-state index in [1.165, 1.54) is 41.9 Å². The lowest BCUT2D eigenvalue weighted by molar-refractivity contribution is 0.476. The lowest BCUT2D eigenvalue weighted by Gasteiger charge is -2.16. The molecule has 0 spiro atoms. The molecule has 90 valence electrons. The van der Waals surface area contributed by atoms with Gasteiger partial charge in [-0.3, -0.25) is 0 Å². The number of hydrogen-bond donors (Lipinski definition) is 1. The van der Waals surface area contributed by atoms with Crippen LogP contribution in [0.2, 0.25) is 0 Å². The third kappa shape index (κ3) is 3.60. The van der Waals surface area contributed by atoms with Gasteiger partial charge in [-0.25, -0.2) is 0 Å². The van der Waals surface area contributed by atoms with E-state index in [1.807, 2.05) is 11.3 Å². The van der Waals surface area contributed by atoms with E-state index >= 15 is 0 Å². The third-order valence-electron chi connectivity index (χ3n) is 3.31. The monoisotopic (exact) mass is 237 g/mol. The van der Waals surface area contributed by atoms with Gasteiger partial charge in [-0.2, -0.15) is 0 Å². The van der Waals surface area contributed by atoms with Crippen LogP contribution < -0.4 is 5.32 Å². The van der Waals surface area contributed by atoms with Crippen molar-refractivity contribution in [3.8, 4) is 0 Å². The summed E-state index contributed by atoms with van der Waals surface area (Å²) in [7, 11) is 0. The lowest BCUT2D eigenvalue weighted by Crippen LogP contribution is -2.21. The number of hydrogen-bond acceptors (Lipinski definition) is 2. The maximum Gasteiger partial charge on any atom is 0.0414 e. The van der Waals surface area contributed by atoms with Gasteiger partial charge in [0.15, 0.2) is 0 Å². The molecule has 0 aliphatic heterocycles. The molecule has 0 amide bonds. The highest BCUT2D eigenvalue weighted by Crippen LogP contribution is 2.36. The topological polar surface area (TPSA) is 12.0 Å². The molecule has 0 bridgehead atoms. The molecule has 1 N–H and O–H groups in total. The second kappa shape index (κ2) is 5.83. The molecule has 1 nitrogen and oxygen atoms in total. The molecule has 1 atom stereocenters. The molecule has 0 saturated heterocycles. The van der Waals surface area contributed by atoms with Crippen LogP contribution in [0, 0.1) is 12.8 Å². The van der Waals surface area contributed by atoms with Crippen molar-refractivity contribution < 1.29 is 0 Å². The highest BCUT2D eigenvalue weighted by atomic mass is 32.1. The summed E-state index contributed by atoms with van der Waals surface area (Å²) in [6.07, 6.45) is 6.92. The van der Waals surface area contributed by atoms with Gasteiger partial charge < -0.3 is 5.32 Å². The van der Waals surface area contributed by atoms with Gasteiger partial charge in [-0.15, -0.1) is 11.3 Å². The van der Waals surface area contributed by atoms with Crippen LogP contribution in [0.3, 0.4) is 0 Å². The van der Waals surface area contributed by atoms with Crippen LogP contribution in [0.4, 0.5) is 0 Å². The van der Waals surface area contributed by atoms with Gasteiger partial charge in [0.1, 0.15) is 0 Å². The highest BCUT2D eigenvalue weighted by molar-refractivity contribution is 7.12. The zero-order chi connectivity index (χ0) is 11.4. The summed E-state index contributed by atoms with van der Waals surface area (Å²) >= 11 is 1.96. The number of nitrogens with one attached hydrogen (secondary N) is 1. The van der Waals surface area contributed by atoms with Gasteiger partial charge in [-0.1, -0.05) is 19.8 Å². The lowest BCUT2D eigenvalue weighted by atomic mass is 10.1. The molecular formula is C14H23NS. The van der Waals surface area contributed by atoms with E-state index in [0.29, 0.717) is 6.04 Å². The average molecular weight is 237 g/mol. The van der Waals surface area contributed by atoms with E-state index in [1.54, 1.807) is 0 Å². The molecule has 1 fully saturated rings. The van der Waals surface area contributed by atoms with Crippen LogP contribution in [0.5, 0.6) is 0 Å². The van der Waals surface area contributed by atoms with Gasteiger partial charge >= 0.3 is 0 Å². The molecule has 2 heteroatoms. The Morgan fingerprint density at radius 2 is 2.25 bits per heavy atom. The molecule has 2 rings (SSSR count). The van der Waals surface area contributed by atoms with Crippen LogP contribution in [-0.4, -0.2) is 6.54 Å². The quantitative estimate of drug-likeness (QED) is 0.746. The Bertz CT molecular complexity index is 314. The molecular weight excluding hydrogens is 214 g/mol. The molecule has 1 aromatic rings.